The van der Waals surface area contributed by atoms with Crippen molar-refractivity contribution in [3.05, 3.63) is 18.2 Å². The van der Waals surface area contributed by atoms with Crippen LogP contribution in [0, 0.1) is 0 Å². The minimum atomic E-state index is 0.536. The third-order valence-electron chi connectivity index (χ3n) is 1.66. The fourth-order valence-corrected chi connectivity index (χ4v) is 2.02. The largest absolute Gasteiger partial charge is 0.494 e. The van der Waals surface area contributed by atoms with Gasteiger partial charge in [-0.15, -0.1) is 11.8 Å². The predicted molar refractivity (Wildman–Crippen MR) is 63.0 cm³/mol. The molecule has 0 aliphatic rings. The molecule has 14 heavy (non-hydrogen) atoms. The summed E-state index contributed by atoms with van der Waals surface area (Å²) in [6.45, 7) is 6.97. The SMILES string of the molecule is CCOc1ccc(N)c(SC(C)C)c1. The normalized spacial score (nSPS) is 10.6. The van der Waals surface area contributed by atoms with Gasteiger partial charge in [0.15, 0.2) is 0 Å². The zero-order valence-corrected chi connectivity index (χ0v) is 9.73. The molecule has 0 atom stereocenters. The van der Waals surface area contributed by atoms with Crippen molar-refractivity contribution < 1.29 is 4.74 Å². The predicted octanol–water partition coefficient (Wildman–Crippen LogP) is 3.17. The van der Waals surface area contributed by atoms with Crippen molar-refractivity contribution in [2.45, 2.75) is 30.9 Å². The lowest BCUT2D eigenvalue weighted by molar-refractivity contribution is 0.339. The quantitative estimate of drug-likeness (QED) is 0.613. The molecular formula is C11H17NOS. The summed E-state index contributed by atoms with van der Waals surface area (Å²) in [6.07, 6.45) is 0. The lowest BCUT2D eigenvalue weighted by Crippen LogP contribution is -1.96. The van der Waals surface area contributed by atoms with Crippen LogP contribution in [0.25, 0.3) is 0 Å². The van der Waals surface area contributed by atoms with E-state index in [1.165, 1.54) is 0 Å². The summed E-state index contributed by atoms with van der Waals surface area (Å²) in [4.78, 5) is 1.10. The van der Waals surface area contributed by atoms with E-state index in [4.69, 9.17) is 10.5 Å². The molecule has 0 radical (unpaired) electrons. The molecule has 0 aliphatic heterocycles. The zero-order valence-electron chi connectivity index (χ0n) is 8.91. The molecule has 0 saturated carbocycles. The Hall–Kier alpha value is -0.830. The van der Waals surface area contributed by atoms with Crippen LogP contribution in [0.15, 0.2) is 23.1 Å². The Morgan fingerprint density at radius 2 is 2.14 bits per heavy atom. The molecule has 0 fully saturated rings. The topological polar surface area (TPSA) is 35.2 Å². The van der Waals surface area contributed by atoms with Gasteiger partial charge in [0.1, 0.15) is 5.75 Å². The van der Waals surface area contributed by atoms with Crippen LogP contribution in [0.4, 0.5) is 5.69 Å². The van der Waals surface area contributed by atoms with Gasteiger partial charge in [-0.1, -0.05) is 13.8 Å². The monoisotopic (exact) mass is 211 g/mol. The summed E-state index contributed by atoms with van der Waals surface area (Å²) in [5, 5.41) is 0.536. The molecule has 1 rings (SSSR count). The van der Waals surface area contributed by atoms with Crippen LogP contribution in [0.1, 0.15) is 20.8 Å². The fourth-order valence-electron chi connectivity index (χ4n) is 1.13. The van der Waals surface area contributed by atoms with Gasteiger partial charge in [-0.2, -0.15) is 0 Å². The molecule has 0 saturated heterocycles. The summed E-state index contributed by atoms with van der Waals surface area (Å²) in [5.74, 6) is 0.893. The highest BCUT2D eigenvalue weighted by Gasteiger charge is 2.04. The summed E-state index contributed by atoms with van der Waals surface area (Å²) in [5.41, 5.74) is 6.68. The first-order valence-electron chi connectivity index (χ1n) is 4.82. The van der Waals surface area contributed by atoms with E-state index in [0.29, 0.717) is 11.9 Å². The molecule has 78 valence electrons. The average Bonchev–Trinajstić information content (AvgIpc) is 2.10. The molecular weight excluding hydrogens is 194 g/mol. The molecule has 0 bridgehead atoms. The Kier molecular flexibility index (Phi) is 4.14. The minimum Gasteiger partial charge on any atom is -0.494 e. The van der Waals surface area contributed by atoms with Crippen LogP contribution in [0.2, 0.25) is 0 Å². The van der Waals surface area contributed by atoms with Crippen LogP contribution >= 0.6 is 11.8 Å². The first-order chi connectivity index (χ1) is 6.63. The second kappa shape index (κ2) is 5.15. The first kappa shape index (κ1) is 11.2. The molecule has 0 aromatic heterocycles. The van der Waals surface area contributed by atoms with Gasteiger partial charge in [0.2, 0.25) is 0 Å². The number of ether oxygens (including phenoxy) is 1. The Morgan fingerprint density at radius 1 is 1.43 bits per heavy atom. The molecule has 0 unspecified atom stereocenters. The van der Waals surface area contributed by atoms with Crippen molar-refractivity contribution in [1.29, 1.82) is 0 Å². The third-order valence-corrected chi connectivity index (χ3v) is 2.74. The molecule has 2 nitrogen and oxygen atoms in total. The van der Waals surface area contributed by atoms with E-state index in [1.54, 1.807) is 11.8 Å². The summed E-state index contributed by atoms with van der Waals surface area (Å²) >= 11 is 1.76. The standard InChI is InChI=1S/C11H17NOS/c1-4-13-9-5-6-10(12)11(7-9)14-8(2)3/h5-8H,4,12H2,1-3H3. The van der Waals surface area contributed by atoms with Gasteiger partial charge in [0, 0.05) is 15.8 Å². The van der Waals surface area contributed by atoms with E-state index in [0.717, 1.165) is 16.3 Å². The number of hydrogen-bond acceptors (Lipinski definition) is 3. The highest BCUT2D eigenvalue weighted by molar-refractivity contribution is 8.00. The van der Waals surface area contributed by atoms with Crippen molar-refractivity contribution in [2.24, 2.45) is 0 Å². The van der Waals surface area contributed by atoms with E-state index < -0.39 is 0 Å². The summed E-state index contributed by atoms with van der Waals surface area (Å²) < 4.78 is 5.41. The minimum absolute atomic E-state index is 0.536. The maximum Gasteiger partial charge on any atom is 0.120 e. The molecule has 0 heterocycles. The maximum atomic E-state index is 5.86. The first-order valence-corrected chi connectivity index (χ1v) is 5.70. The van der Waals surface area contributed by atoms with Crippen molar-refractivity contribution in [3.63, 3.8) is 0 Å². The second-order valence-corrected chi connectivity index (χ2v) is 4.92. The van der Waals surface area contributed by atoms with Crippen LogP contribution in [-0.4, -0.2) is 11.9 Å². The number of thioether (sulfide) groups is 1. The van der Waals surface area contributed by atoms with E-state index in [2.05, 4.69) is 13.8 Å². The number of nitrogens with two attached hydrogens (primary N) is 1. The molecule has 1 aromatic rings. The fraction of sp³-hybridized carbons (Fsp3) is 0.455. The lowest BCUT2D eigenvalue weighted by Gasteiger charge is -2.10. The van der Waals surface area contributed by atoms with Gasteiger partial charge in [-0.05, 0) is 25.1 Å². The molecule has 0 amide bonds. The Labute approximate surface area is 89.8 Å². The molecule has 0 aliphatic carbocycles. The van der Waals surface area contributed by atoms with E-state index in [-0.39, 0.29) is 0 Å². The Balaban J connectivity index is 2.84. The van der Waals surface area contributed by atoms with Crippen LogP contribution in [0.5, 0.6) is 5.75 Å². The average molecular weight is 211 g/mol. The van der Waals surface area contributed by atoms with Gasteiger partial charge < -0.3 is 10.5 Å². The number of anilines is 1. The maximum absolute atomic E-state index is 5.86. The number of rotatable bonds is 4. The third kappa shape index (κ3) is 3.14. The molecule has 3 heteroatoms. The van der Waals surface area contributed by atoms with E-state index in [9.17, 15) is 0 Å². The van der Waals surface area contributed by atoms with Gasteiger partial charge >= 0.3 is 0 Å². The van der Waals surface area contributed by atoms with Gasteiger partial charge in [-0.25, -0.2) is 0 Å². The van der Waals surface area contributed by atoms with Crippen molar-refractivity contribution in [1.82, 2.24) is 0 Å². The lowest BCUT2D eigenvalue weighted by atomic mass is 10.3. The molecule has 1 aromatic carbocycles. The van der Waals surface area contributed by atoms with Gasteiger partial charge in [0.25, 0.3) is 0 Å². The van der Waals surface area contributed by atoms with Crippen LogP contribution < -0.4 is 10.5 Å². The highest BCUT2D eigenvalue weighted by Crippen LogP contribution is 2.31. The number of benzene rings is 1. The van der Waals surface area contributed by atoms with Gasteiger partial charge in [0.05, 0.1) is 6.61 Å². The zero-order chi connectivity index (χ0) is 10.6. The smallest absolute Gasteiger partial charge is 0.120 e. The van der Waals surface area contributed by atoms with Crippen LogP contribution in [0.3, 0.4) is 0 Å². The van der Waals surface area contributed by atoms with Crippen molar-refractivity contribution in [2.75, 3.05) is 12.3 Å². The molecule has 2 N–H and O–H groups in total. The number of nitrogen functional groups attached to an aromatic ring is 1. The highest BCUT2D eigenvalue weighted by atomic mass is 32.2. The van der Waals surface area contributed by atoms with E-state index in [1.807, 2.05) is 25.1 Å². The number of hydrogen-bond donors (Lipinski definition) is 1. The second-order valence-electron chi connectivity index (χ2n) is 3.30. The van der Waals surface area contributed by atoms with Crippen molar-refractivity contribution in [3.8, 4) is 5.75 Å². The summed E-state index contributed by atoms with van der Waals surface area (Å²) in [7, 11) is 0. The van der Waals surface area contributed by atoms with Crippen LogP contribution in [-0.2, 0) is 0 Å². The Bertz CT molecular complexity index is 299. The van der Waals surface area contributed by atoms with Crippen molar-refractivity contribution >= 4 is 17.4 Å². The summed E-state index contributed by atoms with van der Waals surface area (Å²) in [6, 6.07) is 5.81. The molecule has 0 spiro atoms. The Morgan fingerprint density at radius 3 is 2.71 bits per heavy atom. The van der Waals surface area contributed by atoms with E-state index >= 15 is 0 Å². The van der Waals surface area contributed by atoms with Gasteiger partial charge in [-0.3, -0.25) is 0 Å².